The molecule has 1 amide bonds. The zero-order chi connectivity index (χ0) is 23.5. The zero-order valence-corrected chi connectivity index (χ0v) is 19.4. The van der Waals surface area contributed by atoms with Crippen molar-refractivity contribution in [3.05, 3.63) is 64.3 Å². The van der Waals surface area contributed by atoms with Gasteiger partial charge in [0.2, 0.25) is 4.80 Å². The second-order valence-electron chi connectivity index (χ2n) is 7.95. The van der Waals surface area contributed by atoms with Crippen LogP contribution in [0.15, 0.2) is 64.0 Å². The molecule has 2 heterocycles. The molecule has 0 saturated carbocycles. The number of para-hydroxylation sites is 1. The quantitative estimate of drug-likeness (QED) is 0.488. The molecule has 1 aliphatic rings. The monoisotopic (exact) mass is 470 g/mol. The van der Waals surface area contributed by atoms with Gasteiger partial charge in [0, 0.05) is 30.1 Å². The molecule has 0 unspecified atom stereocenters. The summed E-state index contributed by atoms with van der Waals surface area (Å²) in [6, 6.07) is 13.9. The van der Waals surface area contributed by atoms with Gasteiger partial charge < -0.3 is 9.64 Å². The molecule has 1 aliphatic heterocycles. The molecule has 4 rings (SSSR count). The van der Waals surface area contributed by atoms with Gasteiger partial charge in [-0.15, -0.1) is 11.3 Å². The van der Waals surface area contributed by atoms with Crippen LogP contribution in [0, 0.1) is 5.92 Å². The lowest BCUT2D eigenvalue weighted by atomic mass is 10.1. The number of hydrogen-bond acceptors (Lipinski definition) is 5. The van der Waals surface area contributed by atoms with Gasteiger partial charge >= 0.3 is 6.61 Å². The highest BCUT2D eigenvalue weighted by atomic mass is 32.1. The van der Waals surface area contributed by atoms with Crippen LogP contribution in [0.2, 0.25) is 0 Å². The number of hydrogen-bond donors (Lipinski definition) is 0. The summed E-state index contributed by atoms with van der Waals surface area (Å²) in [4.78, 5) is 20.0. The number of anilines is 1. The first-order valence-corrected chi connectivity index (χ1v) is 11.5. The van der Waals surface area contributed by atoms with Crippen LogP contribution >= 0.6 is 11.3 Å². The van der Waals surface area contributed by atoms with Crippen LogP contribution in [0.25, 0.3) is 11.3 Å². The van der Waals surface area contributed by atoms with Gasteiger partial charge in [-0.1, -0.05) is 32.0 Å². The van der Waals surface area contributed by atoms with Crippen molar-refractivity contribution in [1.82, 2.24) is 4.68 Å². The molecule has 1 aromatic heterocycles. The summed E-state index contributed by atoms with van der Waals surface area (Å²) in [7, 11) is 1.66. The van der Waals surface area contributed by atoms with Crippen molar-refractivity contribution in [3.8, 4) is 17.0 Å². The fraction of sp³-hybridized carbons (Fsp3) is 0.292. The number of amides is 1. The molecule has 9 heteroatoms. The molecule has 0 atom stereocenters. The van der Waals surface area contributed by atoms with Gasteiger partial charge in [-0.25, -0.2) is 4.68 Å². The minimum atomic E-state index is -2.88. The Hall–Kier alpha value is -3.33. The largest absolute Gasteiger partial charge is 0.435 e. The van der Waals surface area contributed by atoms with Gasteiger partial charge in [0.05, 0.1) is 11.4 Å². The third-order valence-electron chi connectivity index (χ3n) is 5.28. The average Bonchev–Trinajstić information content (AvgIpc) is 3.31. The number of carbonyl (C=O) groups excluding carboxylic acids is 1. The van der Waals surface area contributed by atoms with E-state index in [-0.39, 0.29) is 11.7 Å². The second-order valence-corrected chi connectivity index (χ2v) is 8.78. The molecule has 0 fully saturated rings. The Bertz CT molecular complexity index is 1250. The Labute approximate surface area is 194 Å². The molecule has 172 valence electrons. The third-order valence-corrected chi connectivity index (χ3v) is 6.19. The number of fused-ring (bicyclic) bond motifs is 1. The molecule has 0 aliphatic carbocycles. The van der Waals surface area contributed by atoms with E-state index in [0.29, 0.717) is 28.7 Å². The first-order chi connectivity index (χ1) is 15.9. The van der Waals surface area contributed by atoms with E-state index in [2.05, 4.69) is 23.6 Å². The SMILES string of the molecule is CN=c1scc(-c2ccc(OC(F)F)cc2)n1N=C1C(=O)N(CCC(C)C)c2ccccc21. The van der Waals surface area contributed by atoms with E-state index < -0.39 is 6.61 Å². The minimum absolute atomic E-state index is 0.0722. The van der Waals surface area contributed by atoms with Gasteiger partial charge in [-0.05, 0) is 42.7 Å². The number of halogens is 2. The van der Waals surface area contributed by atoms with Crippen LogP contribution < -0.4 is 14.4 Å². The number of ether oxygens (including phenoxy) is 1. The van der Waals surface area contributed by atoms with Crippen LogP contribution in [0.1, 0.15) is 25.8 Å². The molecule has 0 radical (unpaired) electrons. The van der Waals surface area contributed by atoms with Crippen LogP contribution in [0.3, 0.4) is 0 Å². The predicted octanol–water partition coefficient (Wildman–Crippen LogP) is 4.99. The van der Waals surface area contributed by atoms with E-state index in [9.17, 15) is 13.6 Å². The third kappa shape index (κ3) is 4.73. The maximum Gasteiger partial charge on any atom is 0.387 e. The van der Waals surface area contributed by atoms with Gasteiger partial charge in [0.25, 0.3) is 5.91 Å². The molecule has 3 aromatic rings. The fourth-order valence-electron chi connectivity index (χ4n) is 3.62. The van der Waals surface area contributed by atoms with Gasteiger partial charge in [-0.3, -0.25) is 9.79 Å². The second kappa shape index (κ2) is 9.66. The van der Waals surface area contributed by atoms with Crippen LogP contribution in [-0.2, 0) is 4.79 Å². The topological polar surface area (TPSA) is 59.2 Å². The van der Waals surface area contributed by atoms with Crippen molar-refractivity contribution < 1.29 is 18.3 Å². The van der Waals surface area contributed by atoms with E-state index in [1.54, 1.807) is 28.8 Å². The van der Waals surface area contributed by atoms with Crippen molar-refractivity contribution in [3.63, 3.8) is 0 Å². The Morgan fingerprint density at radius 1 is 1.09 bits per heavy atom. The molecular weight excluding hydrogens is 446 g/mol. The summed E-state index contributed by atoms with van der Waals surface area (Å²) < 4.78 is 31.0. The van der Waals surface area contributed by atoms with E-state index >= 15 is 0 Å². The molecule has 0 spiro atoms. The Kier molecular flexibility index (Phi) is 6.69. The Morgan fingerprint density at radius 3 is 2.48 bits per heavy atom. The standard InChI is InChI=1S/C24H24F2N4O2S/c1-15(2)12-13-29-19-7-5-4-6-18(19)21(22(29)31)28-30-20(14-33-24(30)27-3)16-8-10-17(11-9-16)32-23(25)26/h4-11,14-15,23H,12-13H2,1-3H3. The summed E-state index contributed by atoms with van der Waals surface area (Å²) in [5.41, 5.74) is 3.41. The first kappa shape index (κ1) is 22.8. The lowest BCUT2D eigenvalue weighted by Crippen LogP contribution is -2.32. The maximum absolute atomic E-state index is 13.4. The van der Waals surface area contributed by atoms with Crippen LogP contribution in [0.4, 0.5) is 14.5 Å². The van der Waals surface area contributed by atoms with Gasteiger partial charge in [0.1, 0.15) is 5.75 Å². The molecule has 0 saturated heterocycles. The number of thiazole rings is 1. The molecule has 0 N–H and O–H groups in total. The van der Waals surface area contributed by atoms with E-state index in [0.717, 1.165) is 23.2 Å². The lowest BCUT2D eigenvalue weighted by molar-refractivity contribution is -0.112. The first-order valence-electron chi connectivity index (χ1n) is 10.6. The van der Waals surface area contributed by atoms with Gasteiger partial charge in [-0.2, -0.15) is 13.9 Å². The Morgan fingerprint density at radius 2 is 1.82 bits per heavy atom. The molecule has 0 bridgehead atoms. The Balaban J connectivity index is 1.76. The average molecular weight is 471 g/mol. The summed E-state index contributed by atoms with van der Waals surface area (Å²) >= 11 is 1.38. The maximum atomic E-state index is 13.4. The van der Waals surface area contributed by atoms with E-state index in [1.807, 2.05) is 29.6 Å². The molecule has 6 nitrogen and oxygen atoms in total. The fourth-order valence-corrected chi connectivity index (χ4v) is 4.42. The highest BCUT2D eigenvalue weighted by Gasteiger charge is 2.34. The number of benzene rings is 2. The number of aromatic nitrogens is 1. The summed E-state index contributed by atoms with van der Waals surface area (Å²) in [5.74, 6) is 0.387. The number of alkyl halides is 2. The molecule has 2 aromatic carbocycles. The highest BCUT2D eigenvalue weighted by molar-refractivity contribution is 7.07. The normalized spacial score (nSPS) is 15.2. The number of nitrogens with zero attached hydrogens (tertiary/aromatic N) is 4. The van der Waals surface area contributed by atoms with Crippen molar-refractivity contribution in [2.24, 2.45) is 16.0 Å². The van der Waals surface area contributed by atoms with Crippen molar-refractivity contribution in [2.45, 2.75) is 26.9 Å². The zero-order valence-electron chi connectivity index (χ0n) is 18.5. The smallest absolute Gasteiger partial charge is 0.387 e. The summed E-state index contributed by atoms with van der Waals surface area (Å²) in [5, 5.41) is 6.62. The predicted molar refractivity (Wildman–Crippen MR) is 126 cm³/mol. The van der Waals surface area contributed by atoms with Crippen molar-refractivity contribution in [2.75, 3.05) is 18.5 Å². The van der Waals surface area contributed by atoms with Crippen LogP contribution in [-0.4, -0.2) is 36.5 Å². The van der Waals surface area contributed by atoms with E-state index in [1.165, 1.54) is 23.5 Å². The lowest BCUT2D eigenvalue weighted by Gasteiger charge is -2.17. The van der Waals surface area contributed by atoms with Crippen molar-refractivity contribution >= 4 is 28.6 Å². The summed E-state index contributed by atoms with van der Waals surface area (Å²) in [6.45, 7) is 1.99. The van der Waals surface area contributed by atoms with Gasteiger partial charge in [0.15, 0.2) is 5.71 Å². The van der Waals surface area contributed by atoms with Crippen LogP contribution in [0.5, 0.6) is 5.75 Å². The number of carbonyl (C=O) groups is 1. The molecular formula is C24H24F2N4O2S. The highest BCUT2D eigenvalue weighted by Crippen LogP contribution is 2.31. The number of rotatable bonds is 7. The minimum Gasteiger partial charge on any atom is -0.435 e. The molecule has 33 heavy (non-hydrogen) atoms. The van der Waals surface area contributed by atoms with E-state index in [4.69, 9.17) is 5.10 Å². The summed E-state index contributed by atoms with van der Waals surface area (Å²) in [6.07, 6.45) is 0.882. The van der Waals surface area contributed by atoms with Crippen molar-refractivity contribution in [1.29, 1.82) is 0 Å².